The molecule has 8 nitrogen and oxygen atoms in total. The molecule has 1 aromatic carbocycles. The van der Waals surface area contributed by atoms with E-state index in [1.54, 1.807) is 6.07 Å². The van der Waals surface area contributed by atoms with Gasteiger partial charge in [0.2, 0.25) is 0 Å². The van der Waals surface area contributed by atoms with Gasteiger partial charge in [-0.3, -0.25) is 4.90 Å². The number of rotatable bonds is 3. The molecule has 2 atom stereocenters. The molecule has 2 fully saturated rings. The molecule has 2 N–H and O–H groups in total. The summed E-state index contributed by atoms with van der Waals surface area (Å²) < 4.78 is 46.6. The zero-order valence-electron chi connectivity index (χ0n) is 14.1. The van der Waals surface area contributed by atoms with Crippen LogP contribution in [-0.4, -0.2) is 50.0 Å². The molecule has 2 bridgehead atoms. The minimum atomic E-state index is -4.65. The van der Waals surface area contributed by atoms with Gasteiger partial charge in [0, 0.05) is 13.1 Å². The number of tetrazole rings is 1. The van der Waals surface area contributed by atoms with Crippen LogP contribution in [0.4, 0.5) is 13.2 Å². The van der Waals surface area contributed by atoms with Gasteiger partial charge in [-0.25, -0.2) is 0 Å². The molecular formula is C16H16F3N7O. The maximum Gasteiger partial charge on any atom is 0.417 e. The number of likely N-dealkylation sites (tertiary alicyclic amines) is 1. The highest BCUT2D eigenvalue weighted by atomic mass is 19.4. The molecule has 27 heavy (non-hydrogen) atoms. The summed E-state index contributed by atoms with van der Waals surface area (Å²) in [6, 6.07) is 4.95. The summed E-state index contributed by atoms with van der Waals surface area (Å²) in [4.78, 5) is 2.04. The molecule has 1 aromatic heterocycles. The summed E-state index contributed by atoms with van der Waals surface area (Å²) in [5.41, 5.74) is 4.17. The third kappa shape index (κ3) is 3.39. The second-order valence-electron chi connectivity index (χ2n) is 6.86. The molecule has 0 spiro atoms. The van der Waals surface area contributed by atoms with Crippen molar-refractivity contribution in [3.8, 4) is 11.8 Å². The Morgan fingerprint density at radius 1 is 1.41 bits per heavy atom. The van der Waals surface area contributed by atoms with Crippen molar-refractivity contribution in [1.82, 2.24) is 25.1 Å². The van der Waals surface area contributed by atoms with Crippen molar-refractivity contribution in [3.05, 3.63) is 35.2 Å². The van der Waals surface area contributed by atoms with Crippen LogP contribution in [0.3, 0.4) is 0 Å². The van der Waals surface area contributed by atoms with Crippen LogP contribution in [0.1, 0.15) is 29.8 Å². The topological polar surface area (TPSA) is 106 Å². The second kappa shape index (κ2) is 6.26. The zero-order valence-corrected chi connectivity index (χ0v) is 14.1. The Balaban J connectivity index is 1.62. The number of alkyl halides is 3. The van der Waals surface area contributed by atoms with Crippen LogP contribution in [-0.2, 0) is 17.5 Å². The Morgan fingerprint density at radius 2 is 2.22 bits per heavy atom. The number of fused-ring (bicyclic) bond motifs is 2. The maximum atomic E-state index is 13.2. The summed E-state index contributed by atoms with van der Waals surface area (Å²) in [6.45, 7) is 1.48. The molecule has 11 heteroatoms. The minimum absolute atomic E-state index is 0.0415. The van der Waals surface area contributed by atoms with Crippen LogP contribution in [0.5, 0.6) is 0 Å². The van der Waals surface area contributed by atoms with Gasteiger partial charge in [0.25, 0.3) is 0 Å². The van der Waals surface area contributed by atoms with Gasteiger partial charge >= 0.3 is 6.18 Å². The molecule has 2 aliphatic rings. The molecule has 2 aliphatic heterocycles. The van der Waals surface area contributed by atoms with E-state index in [0.717, 1.165) is 25.0 Å². The molecule has 0 unspecified atom stereocenters. The lowest BCUT2D eigenvalue weighted by Crippen LogP contribution is -2.55. The van der Waals surface area contributed by atoms with Crippen LogP contribution >= 0.6 is 0 Å². The van der Waals surface area contributed by atoms with Crippen molar-refractivity contribution in [2.45, 2.75) is 37.4 Å². The first-order valence-corrected chi connectivity index (χ1v) is 8.35. The summed E-state index contributed by atoms with van der Waals surface area (Å²) in [5, 5.41) is 20.3. The number of hydrogen-bond donors (Lipinski definition) is 1. The number of halogens is 3. The van der Waals surface area contributed by atoms with Gasteiger partial charge in [-0.2, -0.15) is 23.1 Å². The van der Waals surface area contributed by atoms with E-state index in [4.69, 9.17) is 15.7 Å². The molecule has 4 rings (SSSR count). The van der Waals surface area contributed by atoms with E-state index in [-0.39, 0.29) is 11.8 Å². The number of benzene rings is 1. The van der Waals surface area contributed by atoms with Crippen molar-refractivity contribution in [1.29, 1.82) is 5.26 Å². The largest absolute Gasteiger partial charge is 0.417 e. The van der Waals surface area contributed by atoms with Gasteiger partial charge in [-0.1, -0.05) is 0 Å². The first kappa shape index (κ1) is 17.8. The highest BCUT2D eigenvalue weighted by Gasteiger charge is 2.43. The monoisotopic (exact) mass is 379 g/mol. The fourth-order valence-electron chi connectivity index (χ4n) is 3.65. The van der Waals surface area contributed by atoms with Crippen LogP contribution in [0.2, 0.25) is 0 Å². The third-order valence-electron chi connectivity index (χ3n) is 4.82. The lowest BCUT2D eigenvalue weighted by atomic mass is 10.1. The van der Waals surface area contributed by atoms with Crippen molar-refractivity contribution in [3.63, 3.8) is 0 Å². The highest BCUT2D eigenvalue weighted by Crippen LogP contribution is 2.34. The lowest BCUT2D eigenvalue weighted by Gasteiger charge is -2.37. The number of nitrogens with zero attached hydrogens (tertiary/aromatic N) is 6. The standard InChI is InChI=1S/C16H16F3N7O/c17-16(18,19)13-5-11(2-1-10(13)6-20)26-14(22-23-24-26)8-25-7-12-3-4-15(21,9-25)27-12/h1-2,5,12H,3-4,7-9,21H2/t12-,15+/m0/s1. The molecule has 2 saturated heterocycles. The van der Waals surface area contributed by atoms with Crippen LogP contribution < -0.4 is 5.73 Å². The molecule has 0 amide bonds. The predicted octanol–water partition coefficient (Wildman–Crippen LogP) is 1.20. The van der Waals surface area contributed by atoms with Crippen molar-refractivity contribution in [2.75, 3.05) is 13.1 Å². The number of nitrogens with two attached hydrogens (primary N) is 1. The Bertz CT molecular complexity index is 906. The fraction of sp³-hybridized carbons (Fsp3) is 0.500. The number of nitriles is 1. The van der Waals surface area contributed by atoms with Crippen LogP contribution in [0.15, 0.2) is 18.2 Å². The quantitative estimate of drug-likeness (QED) is 0.854. The van der Waals surface area contributed by atoms with Gasteiger partial charge in [-0.15, -0.1) is 5.10 Å². The van der Waals surface area contributed by atoms with Crippen LogP contribution in [0.25, 0.3) is 5.69 Å². The average Bonchev–Trinajstić information content (AvgIpc) is 3.17. The van der Waals surface area contributed by atoms with Crippen molar-refractivity contribution >= 4 is 0 Å². The van der Waals surface area contributed by atoms with E-state index in [1.807, 2.05) is 4.90 Å². The molecule has 0 aliphatic carbocycles. The van der Waals surface area contributed by atoms with Gasteiger partial charge in [0.05, 0.1) is 35.5 Å². The minimum Gasteiger partial charge on any atom is -0.355 e. The normalized spacial score (nSPS) is 25.5. The summed E-state index contributed by atoms with van der Waals surface area (Å²) in [6.07, 6.45) is -2.96. The SMILES string of the molecule is N#Cc1ccc(-n2nnnc2CN2C[C@@H]3CC[C@](N)(C2)O3)cc1C(F)(F)F. The van der Waals surface area contributed by atoms with Crippen molar-refractivity contribution < 1.29 is 17.9 Å². The number of aromatic nitrogens is 4. The maximum absolute atomic E-state index is 13.2. The summed E-state index contributed by atoms with van der Waals surface area (Å²) in [7, 11) is 0. The van der Waals surface area contributed by atoms with E-state index in [0.29, 0.717) is 25.5 Å². The molecule has 3 heterocycles. The zero-order chi connectivity index (χ0) is 19.2. The van der Waals surface area contributed by atoms with Gasteiger partial charge in [0.15, 0.2) is 5.82 Å². The van der Waals surface area contributed by atoms with Gasteiger partial charge in [-0.05, 0) is 41.5 Å². The fourth-order valence-corrected chi connectivity index (χ4v) is 3.65. The van der Waals surface area contributed by atoms with Crippen molar-refractivity contribution in [2.24, 2.45) is 5.73 Å². The predicted molar refractivity (Wildman–Crippen MR) is 85.2 cm³/mol. The Labute approximate surface area is 152 Å². The number of hydrogen-bond acceptors (Lipinski definition) is 7. The number of morpholine rings is 1. The molecule has 0 saturated carbocycles. The third-order valence-corrected chi connectivity index (χ3v) is 4.82. The Morgan fingerprint density at radius 3 is 2.93 bits per heavy atom. The summed E-state index contributed by atoms with van der Waals surface area (Å²) in [5.74, 6) is 0.387. The molecule has 0 radical (unpaired) electrons. The first-order valence-electron chi connectivity index (χ1n) is 8.35. The lowest BCUT2D eigenvalue weighted by molar-refractivity contribution is -0.137. The van der Waals surface area contributed by atoms with E-state index in [9.17, 15) is 13.2 Å². The second-order valence-corrected chi connectivity index (χ2v) is 6.86. The first-order chi connectivity index (χ1) is 12.8. The van der Waals surface area contributed by atoms with E-state index >= 15 is 0 Å². The molecule has 142 valence electrons. The van der Waals surface area contributed by atoms with Gasteiger partial charge in [0.1, 0.15) is 5.72 Å². The average molecular weight is 379 g/mol. The highest BCUT2D eigenvalue weighted by molar-refractivity contribution is 5.47. The Hall–Kier alpha value is -2.55. The molecule has 2 aromatic rings. The van der Waals surface area contributed by atoms with E-state index < -0.39 is 23.0 Å². The number of ether oxygens (including phenoxy) is 1. The summed E-state index contributed by atoms with van der Waals surface area (Å²) >= 11 is 0. The van der Waals surface area contributed by atoms with Crippen LogP contribution in [0, 0.1) is 11.3 Å². The van der Waals surface area contributed by atoms with E-state index in [2.05, 4.69) is 15.5 Å². The molecular weight excluding hydrogens is 363 g/mol. The Kier molecular flexibility index (Phi) is 4.14. The van der Waals surface area contributed by atoms with Gasteiger partial charge < -0.3 is 10.5 Å². The van der Waals surface area contributed by atoms with E-state index in [1.165, 1.54) is 10.7 Å². The smallest absolute Gasteiger partial charge is 0.355 e.